The first-order chi connectivity index (χ1) is 14.6. The van der Waals surface area contributed by atoms with E-state index in [0.29, 0.717) is 16.7 Å². The van der Waals surface area contributed by atoms with E-state index < -0.39 is 43.2 Å². The molecule has 6 atom stereocenters. The van der Waals surface area contributed by atoms with Crippen LogP contribution in [0.2, 0.25) is 0 Å². The minimum Gasteiger partial charge on any atom is -0.394 e. The van der Waals surface area contributed by atoms with Crippen molar-refractivity contribution in [3.63, 3.8) is 0 Å². The highest BCUT2D eigenvalue weighted by atomic mass is 16.6. The second-order valence-electron chi connectivity index (χ2n) is 8.09. The van der Waals surface area contributed by atoms with Gasteiger partial charge in [0.1, 0.15) is 36.6 Å². The molecule has 2 aromatic carbocycles. The molecule has 5 N–H and O–H groups in total. The van der Waals surface area contributed by atoms with Gasteiger partial charge >= 0.3 is 0 Å². The monoisotopic (exact) mass is 431 g/mol. The molecule has 1 aliphatic heterocycles. The molecule has 0 bridgehead atoms. The van der Waals surface area contributed by atoms with Crippen molar-refractivity contribution in [3.8, 4) is 11.1 Å². The maximum absolute atomic E-state index is 12.2. The van der Waals surface area contributed by atoms with E-state index in [1.807, 2.05) is 12.1 Å². The van der Waals surface area contributed by atoms with E-state index in [1.54, 1.807) is 51.4 Å². The molecule has 8 heteroatoms. The number of hydrogen-bond donors (Lipinski definition) is 5. The van der Waals surface area contributed by atoms with Gasteiger partial charge in [-0.25, -0.2) is 0 Å². The fraction of sp³-hybridized carbons (Fsp3) is 0.435. The second-order valence-corrected chi connectivity index (χ2v) is 8.09. The number of carbonyl (C=O) groups is 1. The van der Waals surface area contributed by atoms with Crippen molar-refractivity contribution < 1.29 is 35.1 Å². The van der Waals surface area contributed by atoms with Crippen LogP contribution in [0.5, 0.6) is 0 Å². The predicted octanol–water partition coefficient (Wildman–Crippen LogP) is 0.240. The minimum absolute atomic E-state index is 0.103. The molecular formula is C23H29NO7. The fourth-order valence-electron chi connectivity index (χ4n) is 3.85. The van der Waals surface area contributed by atoms with Crippen molar-refractivity contribution in [1.29, 1.82) is 0 Å². The van der Waals surface area contributed by atoms with Gasteiger partial charge in [-0.05, 0) is 41.3 Å². The smallest absolute Gasteiger partial charge is 0.253 e. The van der Waals surface area contributed by atoms with Crippen molar-refractivity contribution in [2.75, 3.05) is 20.7 Å². The van der Waals surface area contributed by atoms with Gasteiger partial charge < -0.3 is 35.2 Å². The fourth-order valence-corrected chi connectivity index (χ4v) is 3.85. The molecule has 1 saturated heterocycles. The van der Waals surface area contributed by atoms with E-state index in [0.717, 1.165) is 11.1 Å². The topological polar surface area (TPSA) is 131 Å². The molecule has 0 saturated carbocycles. The Balaban J connectivity index is 1.87. The summed E-state index contributed by atoms with van der Waals surface area (Å²) in [7, 11) is 3.38. The van der Waals surface area contributed by atoms with Gasteiger partial charge in [-0.15, -0.1) is 0 Å². The molecule has 0 unspecified atom stereocenters. The zero-order chi connectivity index (χ0) is 22.9. The zero-order valence-corrected chi connectivity index (χ0v) is 17.7. The highest BCUT2D eigenvalue weighted by Gasteiger charge is 2.46. The molecule has 8 nitrogen and oxygen atoms in total. The third kappa shape index (κ3) is 4.64. The largest absolute Gasteiger partial charge is 0.394 e. The van der Waals surface area contributed by atoms with Gasteiger partial charge in [0.05, 0.1) is 6.61 Å². The van der Waals surface area contributed by atoms with Gasteiger partial charge in [0, 0.05) is 19.7 Å². The van der Waals surface area contributed by atoms with E-state index in [-0.39, 0.29) is 5.91 Å². The maximum Gasteiger partial charge on any atom is 0.253 e. The van der Waals surface area contributed by atoms with E-state index >= 15 is 0 Å². The molecule has 31 heavy (non-hydrogen) atoms. The van der Waals surface area contributed by atoms with Crippen LogP contribution >= 0.6 is 0 Å². The number of carbonyl (C=O) groups excluding carboxylic acids is 1. The van der Waals surface area contributed by atoms with Crippen LogP contribution in [-0.2, 0) is 4.74 Å². The molecule has 1 aliphatic rings. The van der Waals surface area contributed by atoms with Crippen molar-refractivity contribution in [2.45, 2.75) is 43.5 Å². The molecule has 0 radical (unpaired) electrons. The molecule has 0 spiro atoms. The summed E-state index contributed by atoms with van der Waals surface area (Å²) in [6.07, 6.45) is -8.16. The van der Waals surface area contributed by atoms with Gasteiger partial charge in [-0.3, -0.25) is 4.79 Å². The Morgan fingerprint density at radius 3 is 2.32 bits per heavy atom. The SMILES string of the molecule is Cc1cc(-c2cccc(C(=O)N(C)C)c2)ccc1[C@@H](O)[C@H]1O[C@H](CO)[C@@H](O)[C@H](O)[C@@H]1O. The normalized spacial score (nSPS) is 27.0. The maximum atomic E-state index is 12.2. The molecule has 2 aromatic rings. The van der Waals surface area contributed by atoms with Crippen LogP contribution in [0.25, 0.3) is 11.1 Å². The first-order valence-electron chi connectivity index (χ1n) is 10.1. The Morgan fingerprint density at radius 2 is 1.71 bits per heavy atom. The number of aryl methyl sites for hydroxylation is 1. The van der Waals surface area contributed by atoms with E-state index in [2.05, 4.69) is 0 Å². The average molecular weight is 431 g/mol. The molecule has 168 valence electrons. The van der Waals surface area contributed by atoms with E-state index in [4.69, 9.17) is 4.74 Å². The van der Waals surface area contributed by atoms with E-state index in [9.17, 15) is 30.3 Å². The molecule has 0 aromatic heterocycles. The van der Waals surface area contributed by atoms with Crippen molar-refractivity contribution in [2.24, 2.45) is 0 Å². The number of rotatable bonds is 5. The molecule has 3 rings (SSSR count). The van der Waals surface area contributed by atoms with E-state index in [1.165, 1.54) is 4.90 Å². The number of ether oxygens (including phenoxy) is 1. The number of nitrogens with zero attached hydrogens (tertiary/aromatic N) is 1. The van der Waals surface area contributed by atoms with Crippen LogP contribution in [0, 0.1) is 6.92 Å². The quantitative estimate of drug-likeness (QED) is 0.458. The van der Waals surface area contributed by atoms with Crippen LogP contribution in [0.3, 0.4) is 0 Å². The summed E-state index contributed by atoms with van der Waals surface area (Å²) in [5, 5.41) is 50.4. The lowest BCUT2D eigenvalue weighted by Gasteiger charge is -2.42. The van der Waals surface area contributed by atoms with Crippen LogP contribution in [-0.4, -0.2) is 87.6 Å². The summed E-state index contributed by atoms with van der Waals surface area (Å²) in [6, 6.07) is 12.6. The number of benzene rings is 2. The molecular weight excluding hydrogens is 402 g/mol. The Bertz CT molecular complexity index is 930. The van der Waals surface area contributed by atoms with Gasteiger partial charge in [0.2, 0.25) is 0 Å². The summed E-state index contributed by atoms with van der Waals surface area (Å²) in [4.78, 5) is 13.7. The summed E-state index contributed by atoms with van der Waals surface area (Å²) in [5.74, 6) is -0.103. The number of amides is 1. The lowest BCUT2D eigenvalue weighted by Crippen LogP contribution is -2.59. The van der Waals surface area contributed by atoms with Crippen LogP contribution < -0.4 is 0 Å². The van der Waals surface area contributed by atoms with Crippen LogP contribution in [0.4, 0.5) is 0 Å². The van der Waals surface area contributed by atoms with Crippen molar-refractivity contribution in [3.05, 3.63) is 59.2 Å². The summed E-state index contributed by atoms with van der Waals surface area (Å²) in [6.45, 7) is 1.23. The van der Waals surface area contributed by atoms with Gasteiger partial charge in [-0.1, -0.05) is 30.3 Å². The number of hydrogen-bond acceptors (Lipinski definition) is 7. The van der Waals surface area contributed by atoms with Gasteiger partial charge in [0.15, 0.2) is 0 Å². The average Bonchev–Trinajstić information content (AvgIpc) is 2.76. The molecule has 0 aliphatic carbocycles. The van der Waals surface area contributed by atoms with Crippen molar-refractivity contribution >= 4 is 5.91 Å². The van der Waals surface area contributed by atoms with Gasteiger partial charge in [0.25, 0.3) is 5.91 Å². The molecule has 1 heterocycles. The molecule has 1 fully saturated rings. The lowest BCUT2D eigenvalue weighted by atomic mass is 9.87. The van der Waals surface area contributed by atoms with Crippen LogP contribution in [0.15, 0.2) is 42.5 Å². The molecule has 1 amide bonds. The lowest BCUT2D eigenvalue weighted by molar-refractivity contribution is -0.250. The standard InChI is InChI=1S/C23H29NO7/c1-12-9-14(13-5-4-6-15(10-13)23(30)24(2)3)7-8-16(12)18(26)22-21(29)20(28)19(27)17(11-25)31-22/h4-10,17-22,25-29H,11H2,1-3H3/t17-,18-,19-,20+,21+,22-/m1/s1. The Hall–Kier alpha value is -2.33. The summed E-state index contributed by atoms with van der Waals surface area (Å²) < 4.78 is 5.48. The third-order valence-electron chi connectivity index (χ3n) is 5.68. The highest BCUT2D eigenvalue weighted by Crippen LogP contribution is 2.33. The summed E-state index contributed by atoms with van der Waals surface area (Å²) >= 11 is 0. The van der Waals surface area contributed by atoms with Crippen LogP contribution in [0.1, 0.15) is 27.6 Å². The second kappa shape index (κ2) is 9.44. The Morgan fingerprint density at radius 1 is 1.03 bits per heavy atom. The van der Waals surface area contributed by atoms with Crippen molar-refractivity contribution in [1.82, 2.24) is 4.90 Å². The Kier molecular flexibility index (Phi) is 7.10. The first kappa shape index (κ1) is 23.3. The minimum atomic E-state index is -1.55. The highest BCUT2D eigenvalue weighted by molar-refractivity contribution is 5.95. The zero-order valence-electron chi connectivity index (χ0n) is 17.7. The third-order valence-corrected chi connectivity index (χ3v) is 5.68. The number of aliphatic hydroxyl groups is 5. The Labute approximate surface area is 181 Å². The van der Waals surface area contributed by atoms with Gasteiger partial charge in [-0.2, -0.15) is 0 Å². The number of aliphatic hydroxyl groups excluding tert-OH is 5. The predicted molar refractivity (Wildman–Crippen MR) is 113 cm³/mol. The first-order valence-corrected chi connectivity index (χ1v) is 10.1. The summed E-state index contributed by atoms with van der Waals surface area (Å²) in [5.41, 5.74) is 3.44.